The van der Waals surface area contributed by atoms with Gasteiger partial charge in [-0.25, -0.2) is 0 Å². The van der Waals surface area contributed by atoms with Gasteiger partial charge >= 0.3 is 0 Å². The zero-order chi connectivity index (χ0) is 7.78. The molecule has 1 aliphatic rings. The summed E-state index contributed by atoms with van der Waals surface area (Å²) in [4.78, 5) is 0.708. The van der Waals surface area contributed by atoms with Gasteiger partial charge in [-0.15, -0.1) is 0 Å². The van der Waals surface area contributed by atoms with E-state index in [1.165, 1.54) is 12.8 Å². The fraction of sp³-hybridized carbons (Fsp3) is 1.00. The van der Waals surface area contributed by atoms with Gasteiger partial charge in [0.25, 0.3) is 0 Å². The summed E-state index contributed by atoms with van der Waals surface area (Å²) in [5.74, 6) is 0. The monoisotopic (exact) mass is 206 g/mol. The van der Waals surface area contributed by atoms with Gasteiger partial charge in [0.2, 0.25) is 0 Å². The Balaban J connectivity index is 2.16. The molecule has 0 atom stereocenters. The maximum absolute atomic E-state index is 5.71. The maximum atomic E-state index is 5.71. The largest absolute Gasteiger partial charge is 0.373 e. The highest BCUT2D eigenvalue weighted by molar-refractivity contribution is 9.09. The number of hydrogen-bond acceptors (Lipinski definition) is 1. The molecule has 1 saturated carbocycles. The summed E-state index contributed by atoms with van der Waals surface area (Å²) in [5.41, 5.74) is 0.0395. The molecule has 1 rings (SSSR count). The fourth-order valence-corrected chi connectivity index (χ4v) is 1.93. The standard InChI is InChI=1S/C8H15BrO/c1-8(2,3)10-7-4-6(9)5-7/h6-7H,4-5H2,1-3H3. The number of hydrogen-bond donors (Lipinski definition) is 0. The summed E-state index contributed by atoms with van der Waals surface area (Å²) in [6.45, 7) is 6.32. The third-order valence-corrected chi connectivity index (χ3v) is 2.31. The van der Waals surface area contributed by atoms with Crippen LogP contribution < -0.4 is 0 Å². The molecule has 0 N–H and O–H groups in total. The summed E-state index contributed by atoms with van der Waals surface area (Å²) in [7, 11) is 0. The van der Waals surface area contributed by atoms with E-state index in [0.29, 0.717) is 10.9 Å². The van der Waals surface area contributed by atoms with Crippen LogP contribution in [0.4, 0.5) is 0 Å². The van der Waals surface area contributed by atoms with Crippen LogP contribution in [0.5, 0.6) is 0 Å². The third-order valence-electron chi connectivity index (χ3n) is 1.56. The van der Waals surface area contributed by atoms with Gasteiger partial charge in [-0.2, -0.15) is 0 Å². The molecule has 0 spiro atoms. The molecule has 2 heteroatoms. The predicted molar refractivity (Wildman–Crippen MR) is 46.6 cm³/mol. The smallest absolute Gasteiger partial charge is 0.0603 e. The minimum Gasteiger partial charge on any atom is -0.373 e. The highest BCUT2D eigenvalue weighted by atomic mass is 79.9. The van der Waals surface area contributed by atoms with Crippen molar-refractivity contribution in [2.24, 2.45) is 0 Å². The van der Waals surface area contributed by atoms with Crippen molar-refractivity contribution in [1.82, 2.24) is 0 Å². The van der Waals surface area contributed by atoms with Gasteiger partial charge in [0.1, 0.15) is 0 Å². The molecular formula is C8H15BrO. The maximum Gasteiger partial charge on any atom is 0.0603 e. The lowest BCUT2D eigenvalue weighted by Crippen LogP contribution is -2.37. The van der Waals surface area contributed by atoms with Crippen molar-refractivity contribution >= 4 is 15.9 Å². The molecule has 60 valence electrons. The van der Waals surface area contributed by atoms with E-state index in [-0.39, 0.29) is 5.60 Å². The Hall–Kier alpha value is 0.440. The molecule has 0 aromatic rings. The van der Waals surface area contributed by atoms with Crippen molar-refractivity contribution in [2.45, 2.75) is 50.1 Å². The van der Waals surface area contributed by atoms with E-state index in [2.05, 4.69) is 36.7 Å². The van der Waals surface area contributed by atoms with Crippen LogP contribution in [0.15, 0.2) is 0 Å². The van der Waals surface area contributed by atoms with Gasteiger partial charge in [-0.1, -0.05) is 15.9 Å². The first kappa shape index (κ1) is 8.54. The van der Waals surface area contributed by atoms with Crippen LogP contribution in [0.1, 0.15) is 33.6 Å². The van der Waals surface area contributed by atoms with Crippen LogP contribution in [-0.4, -0.2) is 16.5 Å². The van der Waals surface area contributed by atoms with Gasteiger partial charge in [0, 0.05) is 4.83 Å². The van der Waals surface area contributed by atoms with Gasteiger partial charge < -0.3 is 4.74 Å². The highest BCUT2D eigenvalue weighted by Gasteiger charge is 2.30. The molecule has 0 unspecified atom stereocenters. The summed E-state index contributed by atoms with van der Waals surface area (Å²) in [6, 6.07) is 0. The van der Waals surface area contributed by atoms with E-state index in [0.717, 1.165) is 0 Å². The second kappa shape index (κ2) is 2.82. The van der Waals surface area contributed by atoms with E-state index >= 15 is 0 Å². The zero-order valence-corrected chi connectivity index (χ0v) is 8.44. The average Bonchev–Trinajstić information content (AvgIpc) is 1.57. The van der Waals surface area contributed by atoms with Crippen molar-refractivity contribution < 1.29 is 4.74 Å². The third kappa shape index (κ3) is 2.59. The lowest BCUT2D eigenvalue weighted by molar-refractivity contribution is -0.0885. The fourth-order valence-electron chi connectivity index (χ4n) is 1.10. The van der Waals surface area contributed by atoms with Crippen LogP contribution in [0.3, 0.4) is 0 Å². The van der Waals surface area contributed by atoms with Crippen LogP contribution in [0, 0.1) is 0 Å². The molecule has 0 bridgehead atoms. The van der Waals surface area contributed by atoms with Gasteiger partial charge in [-0.3, -0.25) is 0 Å². The quantitative estimate of drug-likeness (QED) is 0.600. The summed E-state index contributed by atoms with van der Waals surface area (Å²) >= 11 is 3.53. The summed E-state index contributed by atoms with van der Waals surface area (Å²) < 4.78 is 5.71. The van der Waals surface area contributed by atoms with Crippen molar-refractivity contribution in [3.63, 3.8) is 0 Å². The molecule has 1 aliphatic carbocycles. The van der Waals surface area contributed by atoms with Gasteiger partial charge in [0.05, 0.1) is 11.7 Å². The molecule has 0 radical (unpaired) electrons. The first-order chi connectivity index (χ1) is 4.47. The Kier molecular flexibility index (Phi) is 2.41. The Bertz CT molecular complexity index is 111. The van der Waals surface area contributed by atoms with E-state index in [9.17, 15) is 0 Å². The number of rotatable bonds is 1. The first-order valence-corrected chi connectivity index (χ1v) is 4.71. The van der Waals surface area contributed by atoms with E-state index in [1.807, 2.05) is 0 Å². The lowest BCUT2D eigenvalue weighted by atomic mass is 9.95. The van der Waals surface area contributed by atoms with Gasteiger partial charge in [0.15, 0.2) is 0 Å². The molecule has 0 aliphatic heterocycles. The lowest BCUT2D eigenvalue weighted by Gasteiger charge is -2.36. The van der Waals surface area contributed by atoms with Crippen LogP contribution >= 0.6 is 15.9 Å². The van der Waals surface area contributed by atoms with Crippen molar-refractivity contribution in [3.8, 4) is 0 Å². The summed E-state index contributed by atoms with van der Waals surface area (Å²) in [5, 5.41) is 0. The minimum atomic E-state index is 0.0395. The Morgan fingerprint density at radius 3 is 2.10 bits per heavy atom. The molecule has 0 aromatic heterocycles. The number of alkyl halides is 1. The first-order valence-electron chi connectivity index (χ1n) is 3.79. The Morgan fingerprint density at radius 2 is 1.80 bits per heavy atom. The van der Waals surface area contributed by atoms with Crippen molar-refractivity contribution in [2.75, 3.05) is 0 Å². The Morgan fingerprint density at radius 1 is 1.30 bits per heavy atom. The predicted octanol–water partition coefficient (Wildman–Crippen LogP) is 2.73. The normalized spacial score (nSPS) is 33.6. The molecular weight excluding hydrogens is 192 g/mol. The van der Waals surface area contributed by atoms with E-state index in [4.69, 9.17) is 4.74 Å². The SMILES string of the molecule is CC(C)(C)OC1CC(Br)C1. The molecule has 1 fully saturated rings. The van der Waals surface area contributed by atoms with E-state index < -0.39 is 0 Å². The van der Waals surface area contributed by atoms with Crippen LogP contribution in [0.2, 0.25) is 0 Å². The highest BCUT2D eigenvalue weighted by Crippen LogP contribution is 2.32. The van der Waals surface area contributed by atoms with Crippen LogP contribution in [-0.2, 0) is 4.74 Å². The topological polar surface area (TPSA) is 9.23 Å². The molecule has 0 aromatic carbocycles. The molecule has 10 heavy (non-hydrogen) atoms. The second-order valence-corrected chi connectivity index (χ2v) is 5.22. The van der Waals surface area contributed by atoms with Crippen molar-refractivity contribution in [3.05, 3.63) is 0 Å². The minimum absolute atomic E-state index is 0.0395. The average molecular weight is 207 g/mol. The number of halogens is 1. The van der Waals surface area contributed by atoms with Crippen LogP contribution in [0.25, 0.3) is 0 Å². The van der Waals surface area contributed by atoms with Gasteiger partial charge in [-0.05, 0) is 33.6 Å². The molecule has 0 heterocycles. The molecule has 0 amide bonds. The van der Waals surface area contributed by atoms with Crippen molar-refractivity contribution in [1.29, 1.82) is 0 Å². The Labute approximate surface area is 71.3 Å². The number of ether oxygens (including phenoxy) is 1. The van der Waals surface area contributed by atoms with E-state index in [1.54, 1.807) is 0 Å². The summed E-state index contributed by atoms with van der Waals surface area (Å²) in [6.07, 6.45) is 2.86. The second-order valence-electron chi connectivity index (χ2n) is 3.92. The molecule has 1 nitrogen and oxygen atoms in total. The molecule has 0 saturated heterocycles. The zero-order valence-electron chi connectivity index (χ0n) is 6.86.